The van der Waals surface area contributed by atoms with Gasteiger partial charge in [-0.15, -0.1) is 0 Å². The van der Waals surface area contributed by atoms with Gasteiger partial charge in [-0.25, -0.2) is 0 Å². The van der Waals surface area contributed by atoms with E-state index in [1.807, 2.05) is 11.8 Å². The lowest BCUT2D eigenvalue weighted by Crippen LogP contribution is -2.39. The van der Waals surface area contributed by atoms with E-state index in [-0.39, 0.29) is 0 Å². The fourth-order valence-corrected chi connectivity index (χ4v) is 2.89. The molecule has 0 spiro atoms. The van der Waals surface area contributed by atoms with Crippen molar-refractivity contribution < 1.29 is 8.95 Å². The molecular formula is C12H21N5O2S. The van der Waals surface area contributed by atoms with E-state index in [0.29, 0.717) is 49.1 Å². The van der Waals surface area contributed by atoms with Crippen LogP contribution in [0.2, 0.25) is 0 Å². The summed E-state index contributed by atoms with van der Waals surface area (Å²) in [7, 11) is -0.713. The van der Waals surface area contributed by atoms with Crippen LogP contribution in [0.5, 0.6) is 6.01 Å². The van der Waals surface area contributed by atoms with Gasteiger partial charge in [0.15, 0.2) is 0 Å². The second-order valence-corrected chi connectivity index (χ2v) is 6.13. The first kappa shape index (κ1) is 15.0. The molecule has 1 aliphatic rings. The van der Waals surface area contributed by atoms with E-state index >= 15 is 0 Å². The van der Waals surface area contributed by atoms with Gasteiger partial charge in [0.2, 0.25) is 11.9 Å². The van der Waals surface area contributed by atoms with Crippen LogP contribution in [-0.2, 0) is 10.8 Å². The number of hydrogen-bond acceptors (Lipinski definition) is 7. The molecule has 1 aromatic heterocycles. The van der Waals surface area contributed by atoms with Crippen LogP contribution >= 0.6 is 0 Å². The van der Waals surface area contributed by atoms with Gasteiger partial charge < -0.3 is 15.0 Å². The molecule has 7 nitrogen and oxygen atoms in total. The first-order chi connectivity index (χ1) is 9.72. The van der Waals surface area contributed by atoms with Gasteiger partial charge in [0.1, 0.15) is 0 Å². The molecule has 0 atom stereocenters. The van der Waals surface area contributed by atoms with Gasteiger partial charge in [-0.3, -0.25) is 4.21 Å². The molecular weight excluding hydrogens is 278 g/mol. The first-order valence-electron chi connectivity index (χ1n) is 6.95. The van der Waals surface area contributed by atoms with Crippen molar-refractivity contribution in [3.05, 3.63) is 0 Å². The van der Waals surface area contributed by atoms with Crippen LogP contribution < -0.4 is 15.0 Å². The third-order valence-electron chi connectivity index (χ3n) is 2.87. The summed E-state index contributed by atoms with van der Waals surface area (Å²) in [5, 5.41) is 3.15. The van der Waals surface area contributed by atoms with Crippen LogP contribution in [0, 0.1) is 0 Å². The molecule has 0 saturated carbocycles. The minimum absolute atomic E-state index is 0.336. The Balaban J connectivity index is 2.17. The Morgan fingerprint density at radius 2 is 2.00 bits per heavy atom. The van der Waals surface area contributed by atoms with Crippen LogP contribution in [0.25, 0.3) is 0 Å². The molecule has 0 aliphatic carbocycles. The van der Waals surface area contributed by atoms with E-state index in [4.69, 9.17) is 4.74 Å². The molecule has 1 N–H and O–H groups in total. The number of rotatable bonds is 6. The summed E-state index contributed by atoms with van der Waals surface area (Å²) in [6.07, 6.45) is 0.994. The predicted molar refractivity (Wildman–Crippen MR) is 79.9 cm³/mol. The molecule has 1 fully saturated rings. The molecule has 0 unspecified atom stereocenters. The standard InChI is InChI=1S/C12H21N5O2S/c1-3-5-13-10-14-11(16-12(15-10)19-4-2)17-6-8-20(18)9-7-17/h3-9H2,1-2H3,(H,13,14,15,16). The third-order valence-corrected chi connectivity index (χ3v) is 4.15. The zero-order chi connectivity index (χ0) is 14.4. The maximum atomic E-state index is 11.4. The Kier molecular flexibility index (Phi) is 5.51. The Morgan fingerprint density at radius 3 is 2.65 bits per heavy atom. The van der Waals surface area contributed by atoms with E-state index in [2.05, 4.69) is 27.2 Å². The lowest BCUT2D eigenvalue weighted by molar-refractivity contribution is 0.312. The number of aromatic nitrogens is 3. The van der Waals surface area contributed by atoms with E-state index < -0.39 is 10.8 Å². The molecule has 0 aromatic carbocycles. The molecule has 112 valence electrons. The smallest absolute Gasteiger partial charge is 0.323 e. The Hall–Kier alpha value is -1.44. The molecule has 1 aliphatic heterocycles. The summed E-state index contributed by atoms with van der Waals surface area (Å²) in [6.45, 7) is 6.70. The van der Waals surface area contributed by atoms with E-state index in [0.717, 1.165) is 13.0 Å². The van der Waals surface area contributed by atoms with E-state index in [9.17, 15) is 4.21 Å². The maximum Gasteiger partial charge on any atom is 0.323 e. The summed E-state index contributed by atoms with van der Waals surface area (Å²) in [6, 6.07) is 0.336. The molecule has 1 aromatic rings. The second-order valence-electron chi connectivity index (χ2n) is 4.44. The summed E-state index contributed by atoms with van der Waals surface area (Å²) in [5.41, 5.74) is 0. The van der Waals surface area contributed by atoms with Gasteiger partial charge in [-0.05, 0) is 13.3 Å². The average molecular weight is 299 g/mol. The summed E-state index contributed by atoms with van der Waals surface area (Å²) < 4.78 is 16.8. The zero-order valence-corrected chi connectivity index (χ0v) is 12.8. The van der Waals surface area contributed by atoms with Crippen molar-refractivity contribution in [2.45, 2.75) is 20.3 Å². The lowest BCUT2D eigenvalue weighted by atomic mass is 10.5. The molecule has 0 amide bonds. The van der Waals surface area contributed by atoms with Crippen LogP contribution in [0.3, 0.4) is 0 Å². The third kappa shape index (κ3) is 4.03. The molecule has 2 rings (SSSR count). The fourth-order valence-electron chi connectivity index (χ4n) is 1.83. The first-order valence-corrected chi connectivity index (χ1v) is 8.44. The Bertz CT molecular complexity index is 461. The topological polar surface area (TPSA) is 80.2 Å². The number of nitrogens with zero attached hydrogens (tertiary/aromatic N) is 4. The highest BCUT2D eigenvalue weighted by atomic mass is 32.2. The lowest BCUT2D eigenvalue weighted by Gasteiger charge is -2.26. The van der Waals surface area contributed by atoms with Crippen molar-refractivity contribution in [3.8, 4) is 6.01 Å². The number of anilines is 2. The monoisotopic (exact) mass is 299 g/mol. The van der Waals surface area contributed by atoms with Crippen LogP contribution in [-0.4, -0.2) is 56.9 Å². The predicted octanol–water partition coefficient (Wildman–Crippen LogP) is 0.661. The van der Waals surface area contributed by atoms with Crippen LogP contribution in [0.4, 0.5) is 11.9 Å². The van der Waals surface area contributed by atoms with Crippen molar-refractivity contribution in [1.29, 1.82) is 0 Å². The highest BCUT2D eigenvalue weighted by molar-refractivity contribution is 7.85. The molecule has 2 heterocycles. The van der Waals surface area contributed by atoms with Crippen molar-refractivity contribution in [2.75, 3.05) is 48.0 Å². The number of ether oxygens (including phenoxy) is 1. The van der Waals surface area contributed by atoms with Gasteiger partial charge in [0.05, 0.1) is 6.61 Å². The minimum Gasteiger partial charge on any atom is -0.464 e. The molecule has 8 heteroatoms. The van der Waals surface area contributed by atoms with Crippen LogP contribution in [0.1, 0.15) is 20.3 Å². The van der Waals surface area contributed by atoms with Crippen molar-refractivity contribution in [1.82, 2.24) is 15.0 Å². The average Bonchev–Trinajstić information content (AvgIpc) is 2.46. The van der Waals surface area contributed by atoms with E-state index in [1.165, 1.54) is 0 Å². The van der Waals surface area contributed by atoms with Gasteiger partial charge >= 0.3 is 6.01 Å². The summed E-state index contributed by atoms with van der Waals surface area (Å²) >= 11 is 0. The summed E-state index contributed by atoms with van der Waals surface area (Å²) in [4.78, 5) is 15.0. The molecule has 20 heavy (non-hydrogen) atoms. The van der Waals surface area contributed by atoms with Crippen molar-refractivity contribution in [3.63, 3.8) is 0 Å². The SMILES string of the molecule is CCCNc1nc(OCC)nc(N2CCS(=O)CC2)n1. The highest BCUT2D eigenvalue weighted by Crippen LogP contribution is 2.16. The van der Waals surface area contributed by atoms with Crippen molar-refractivity contribution in [2.24, 2.45) is 0 Å². The van der Waals surface area contributed by atoms with Crippen LogP contribution in [0.15, 0.2) is 0 Å². The Labute approximate surface area is 121 Å². The highest BCUT2D eigenvalue weighted by Gasteiger charge is 2.19. The van der Waals surface area contributed by atoms with Gasteiger partial charge in [-0.2, -0.15) is 15.0 Å². The fraction of sp³-hybridized carbons (Fsp3) is 0.750. The maximum absolute atomic E-state index is 11.4. The van der Waals surface area contributed by atoms with E-state index in [1.54, 1.807) is 0 Å². The van der Waals surface area contributed by atoms with Gasteiger partial charge in [0.25, 0.3) is 0 Å². The normalized spacial score (nSPS) is 16.2. The molecule has 0 bridgehead atoms. The zero-order valence-electron chi connectivity index (χ0n) is 12.0. The quantitative estimate of drug-likeness (QED) is 0.826. The number of nitrogens with one attached hydrogen (secondary N) is 1. The van der Waals surface area contributed by atoms with Crippen molar-refractivity contribution >= 4 is 22.7 Å². The molecule has 0 radical (unpaired) electrons. The molecule has 1 saturated heterocycles. The second kappa shape index (κ2) is 7.37. The summed E-state index contributed by atoms with van der Waals surface area (Å²) in [5.74, 6) is 2.45. The van der Waals surface area contributed by atoms with Gasteiger partial charge in [0, 0.05) is 41.9 Å². The Morgan fingerprint density at radius 1 is 1.25 bits per heavy atom. The minimum atomic E-state index is -0.713. The van der Waals surface area contributed by atoms with Gasteiger partial charge in [-0.1, -0.05) is 6.92 Å². The number of hydrogen-bond donors (Lipinski definition) is 1. The largest absolute Gasteiger partial charge is 0.464 e.